The molecule has 2 aliphatic heterocycles. The zero-order chi connectivity index (χ0) is 28.8. The van der Waals surface area contributed by atoms with Gasteiger partial charge in [-0.15, -0.1) is 0 Å². The number of rotatable bonds is 5. The lowest BCUT2D eigenvalue weighted by Gasteiger charge is -2.43. The number of amides is 1. The number of nitrogens with zero attached hydrogens (tertiary/aromatic N) is 2. The van der Waals surface area contributed by atoms with Crippen LogP contribution < -0.4 is 0 Å². The smallest absolute Gasteiger partial charge is 0.311 e. The number of esters is 3. The van der Waals surface area contributed by atoms with E-state index in [0.29, 0.717) is 51.1 Å². The van der Waals surface area contributed by atoms with Crippen LogP contribution in [0.1, 0.15) is 50.9 Å². The Hall–Kier alpha value is -2.98. The van der Waals surface area contributed by atoms with Gasteiger partial charge in [-0.1, -0.05) is 32.0 Å². The van der Waals surface area contributed by atoms with Gasteiger partial charge in [-0.3, -0.25) is 24.1 Å². The van der Waals surface area contributed by atoms with E-state index in [2.05, 4.69) is 4.90 Å². The second-order valence-corrected chi connectivity index (χ2v) is 12.1. The Labute approximate surface area is 234 Å². The standard InChI is InChI=1S/C30H40N2O8/c1-17-14-22-25(27(35)30(4)24(39-19(3)34)15-23(26(17)30)38-18(2)33)21(29(37)40-22)16-31-10-12-32(13-11-31)28(36)20-8-6-5-7-9-20/h5-9,17,21-27,35H,10-16H2,1-4H3/t17-,21?,22+,23+,24+,25-,26?,27+,30-/m1/s1. The van der Waals surface area contributed by atoms with Crippen molar-refractivity contribution in [2.45, 2.75) is 65.0 Å². The zero-order valence-corrected chi connectivity index (χ0v) is 23.7. The first-order chi connectivity index (χ1) is 19.0. The topological polar surface area (TPSA) is 123 Å². The number of piperazine rings is 1. The Morgan fingerprint density at radius 1 is 1.02 bits per heavy atom. The summed E-state index contributed by atoms with van der Waals surface area (Å²) in [5.41, 5.74) is -0.278. The van der Waals surface area contributed by atoms with Crippen molar-refractivity contribution in [2.75, 3.05) is 32.7 Å². The molecule has 0 radical (unpaired) electrons. The van der Waals surface area contributed by atoms with Gasteiger partial charge in [0.1, 0.15) is 18.3 Å². The van der Waals surface area contributed by atoms with Crippen LogP contribution in [0.3, 0.4) is 0 Å². The van der Waals surface area contributed by atoms with Crippen molar-refractivity contribution < 1.29 is 38.5 Å². The molecule has 9 atom stereocenters. The highest BCUT2D eigenvalue weighted by Crippen LogP contribution is 2.59. The first-order valence-electron chi connectivity index (χ1n) is 14.3. The largest absolute Gasteiger partial charge is 0.462 e. The highest BCUT2D eigenvalue weighted by Gasteiger charge is 2.67. The SMILES string of the molecule is CC(=O)O[C@H]1C[C@H](OC(C)=O)[C@]2(C)C1[C@H](C)C[C@@H]1OC(=O)C(CN3CCN(C(=O)c4ccccc4)CC3)[C@H]1[C@@H]2O. The minimum Gasteiger partial charge on any atom is -0.462 e. The average Bonchev–Trinajstić information content (AvgIpc) is 3.33. The molecule has 1 aromatic carbocycles. The van der Waals surface area contributed by atoms with Gasteiger partial charge in [0.25, 0.3) is 5.91 Å². The summed E-state index contributed by atoms with van der Waals surface area (Å²) in [4.78, 5) is 54.1. The van der Waals surface area contributed by atoms with Crippen molar-refractivity contribution in [3.05, 3.63) is 35.9 Å². The molecule has 2 saturated heterocycles. The first-order valence-corrected chi connectivity index (χ1v) is 14.3. The van der Waals surface area contributed by atoms with Crippen molar-refractivity contribution in [2.24, 2.45) is 29.1 Å². The fourth-order valence-electron chi connectivity index (χ4n) is 7.96. The van der Waals surface area contributed by atoms with E-state index in [4.69, 9.17) is 14.2 Å². The maximum Gasteiger partial charge on any atom is 0.311 e. The van der Waals surface area contributed by atoms with E-state index in [1.807, 2.05) is 49.1 Å². The highest BCUT2D eigenvalue weighted by molar-refractivity contribution is 5.94. The third-order valence-corrected chi connectivity index (χ3v) is 9.70. The summed E-state index contributed by atoms with van der Waals surface area (Å²) < 4.78 is 17.3. The van der Waals surface area contributed by atoms with Gasteiger partial charge in [-0.2, -0.15) is 0 Å². The van der Waals surface area contributed by atoms with E-state index in [1.165, 1.54) is 13.8 Å². The molecule has 1 N–H and O–H groups in total. The number of benzene rings is 1. The lowest BCUT2D eigenvalue weighted by molar-refractivity contribution is -0.165. The van der Waals surface area contributed by atoms with E-state index in [9.17, 15) is 24.3 Å². The molecule has 2 aliphatic carbocycles. The van der Waals surface area contributed by atoms with Crippen molar-refractivity contribution in [3.63, 3.8) is 0 Å². The summed E-state index contributed by atoms with van der Waals surface area (Å²) in [5.74, 6) is -2.61. The molecule has 10 nitrogen and oxygen atoms in total. The van der Waals surface area contributed by atoms with Crippen LogP contribution in [0.2, 0.25) is 0 Å². The van der Waals surface area contributed by atoms with Crippen molar-refractivity contribution >= 4 is 23.8 Å². The Bertz CT molecular complexity index is 1140. The van der Waals surface area contributed by atoms with Crippen LogP contribution in [0.5, 0.6) is 0 Å². The van der Waals surface area contributed by atoms with Crippen LogP contribution in [0.15, 0.2) is 30.3 Å². The van der Waals surface area contributed by atoms with Gasteiger partial charge >= 0.3 is 17.9 Å². The normalized spacial score (nSPS) is 37.6. The summed E-state index contributed by atoms with van der Waals surface area (Å²) >= 11 is 0. The summed E-state index contributed by atoms with van der Waals surface area (Å²) in [6.45, 7) is 9.32. The fourth-order valence-corrected chi connectivity index (χ4v) is 7.96. The predicted octanol–water partition coefficient (Wildman–Crippen LogP) is 1.89. The number of hydrogen-bond acceptors (Lipinski definition) is 9. The molecule has 5 rings (SSSR count). The number of fused-ring (bicyclic) bond motifs is 2. The second kappa shape index (κ2) is 11.1. The maximum absolute atomic E-state index is 13.2. The first kappa shape index (κ1) is 28.5. The van der Waals surface area contributed by atoms with Crippen LogP contribution >= 0.6 is 0 Å². The summed E-state index contributed by atoms with van der Waals surface area (Å²) in [6.07, 6.45) is -1.86. The molecule has 4 fully saturated rings. The van der Waals surface area contributed by atoms with E-state index in [1.54, 1.807) is 0 Å². The Kier molecular flexibility index (Phi) is 7.94. The molecule has 4 aliphatic rings. The van der Waals surface area contributed by atoms with Gasteiger partial charge in [0.2, 0.25) is 0 Å². The molecule has 2 heterocycles. The molecule has 0 aromatic heterocycles. The van der Waals surface area contributed by atoms with Crippen LogP contribution in [0.4, 0.5) is 0 Å². The molecule has 10 heteroatoms. The van der Waals surface area contributed by atoms with Crippen LogP contribution in [0, 0.1) is 29.1 Å². The molecule has 40 heavy (non-hydrogen) atoms. The molecule has 218 valence electrons. The van der Waals surface area contributed by atoms with Gasteiger partial charge in [0, 0.05) is 75.8 Å². The lowest BCUT2D eigenvalue weighted by Crippen LogP contribution is -2.54. The number of carbonyl (C=O) groups excluding carboxylic acids is 4. The predicted molar refractivity (Wildman–Crippen MR) is 143 cm³/mol. The van der Waals surface area contributed by atoms with E-state index < -0.39 is 53.6 Å². The van der Waals surface area contributed by atoms with E-state index in [0.717, 1.165) is 0 Å². The molecular formula is C30H40N2O8. The zero-order valence-electron chi connectivity index (χ0n) is 23.7. The third kappa shape index (κ3) is 5.11. The minimum absolute atomic E-state index is 0.00665. The molecule has 0 bridgehead atoms. The Morgan fingerprint density at radius 3 is 2.30 bits per heavy atom. The molecule has 0 spiro atoms. The highest BCUT2D eigenvalue weighted by atomic mass is 16.6. The molecule has 1 amide bonds. The fraction of sp³-hybridized carbons (Fsp3) is 0.667. The lowest BCUT2D eigenvalue weighted by atomic mass is 9.66. The van der Waals surface area contributed by atoms with E-state index in [-0.39, 0.29) is 23.7 Å². The molecule has 2 unspecified atom stereocenters. The van der Waals surface area contributed by atoms with Gasteiger partial charge in [-0.25, -0.2) is 0 Å². The molecular weight excluding hydrogens is 516 g/mol. The Balaban J connectivity index is 1.34. The number of carbonyl (C=O) groups is 4. The number of aliphatic hydroxyl groups is 1. The average molecular weight is 557 g/mol. The summed E-state index contributed by atoms with van der Waals surface area (Å²) in [7, 11) is 0. The van der Waals surface area contributed by atoms with Crippen LogP contribution in [-0.4, -0.2) is 95.9 Å². The van der Waals surface area contributed by atoms with E-state index >= 15 is 0 Å². The summed E-state index contributed by atoms with van der Waals surface area (Å²) in [6, 6.07) is 9.19. The molecule has 1 aromatic rings. The van der Waals surface area contributed by atoms with Gasteiger partial charge in [0.15, 0.2) is 0 Å². The van der Waals surface area contributed by atoms with Crippen LogP contribution in [-0.2, 0) is 28.6 Å². The number of ether oxygens (including phenoxy) is 3. The van der Waals surface area contributed by atoms with Crippen molar-refractivity contribution in [1.82, 2.24) is 9.80 Å². The quantitative estimate of drug-likeness (QED) is 0.428. The van der Waals surface area contributed by atoms with Gasteiger partial charge in [-0.05, 0) is 24.5 Å². The van der Waals surface area contributed by atoms with Crippen LogP contribution in [0.25, 0.3) is 0 Å². The van der Waals surface area contributed by atoms with Crippen molar-refractivity contribution in [1.29, 1.82) is 0 Å². The van der Waals surface area contributed by atoms with Gasteiger partial charge < -0.3 is 24.2 Å². The van der Waals surface area contributed by atoms with Gasteiger partial charge in [0.05, 0.1) is 12.0 Å². The van der Waals surface area contributed by atoms with Crippen molar-refractivity contribution in [3.8, 4) is 0 Å². The second-order valence-electron chi connectivity index (χ2n) is 12.1. The monoisotopic (exact) mass is 556 g/mol. The maximum atomic E-state index is 13.2. The third-order valence-electron chi connectivity index (χ3n) is 9.70. The number of hydrogen-bond donors (Lipinski definition) is 1. The minimum atomic E-state index is -1.02. The Morgan fingerprint density at radius 2 is 1.68 bits per heavy atom. The summed E-state index contributed by atoms with van der Waals surface area (Å²) in [5, 5.41) is 12.1. The molecule has 2 saturated carbocycles. The number of aliphatic hydroxyl groups excluding tert-OH is 1.